The van der Waals surface area contributed by atoms with Crippen molar-refractivity contribution in [2.24, 2.45) is 10.3 Å². The number of carbonyl (C=O) groups is 1. The van der Waals surface area contributed by atoms with Gasteiger partial charge in [-0.1, -0.05) is 25.7 Å². The number of halogens is 1. The van der Waals surface area contributed by atoms with Gasteiger partial charge in [-0.3, -0.25) is 9.52 Å². The number of hydrogen-bond donors (Lipinski definition) is 2. The summed E-state index contributed by atoms with van der Waals surface area (Å²) in [5.74, 6) is -2.30. The van der Waals surface area contributed by atoms with Crippen molar-refractivity contribution in [1.29, 1.82) is 0 Å². The Morgan fingerprint density at radius 1 is 1.19 bits per heavy atom. The average molecular weight is 558 g/mol. The Labute approximate surface area is 237 Å². The molecule has 0 radical (unpaired) electrons. The Morgan fingerprint density at radius 3 is 2.49 bits per heavy atom. The van der Waals surface area contributed by atoms with E-state index in [9.17, 15) is 31.1 Å². The van der Waals surface area contributed by atoms with Crippen LogP contribution in [0.4, 0.5) is 15.8 Å². The van der Waals surface area contributed by atoms with E-state index in [4.69, 9.17) is 0 Å². The molecule has 0 bridgehead atoms. The van der Waals surface area contributed by atoms with Gasteiger partial charge in [0.05, 0.1) is 22.9 Å². The van der Waals surface area contributed by atoms with E-state index in [0.717, 1.165) is 18.4 Å². The first-order valence-electron chi connectivity index (χ1n) is 11.1. The molecule has 1 heterocycles. The van der Waals surface area contributed by atoms with E-state index < -0.39 is 54.2 Å². The minimum absolute atomic E-state index is 0. The van der Waals surface area contributed by atoms with Crippen molar-refractivity contribution >= 4 is 48.8 Å². The number of hydrogen-bond acceptors (Lipinski definition) is 7. The molecule has 1 aliphatic carbocycles. The quantitative estimate of drug-likeness (QED) is 0.467. The molecule has 0 amide bonds. The summed E-state index contributed by atoms with van der Waals surface area (Å²) >= 11 is 0. The zero-order valence-electron chi connectivity index (χ0n) is 21.0. The first-order chi connectivity index (χ1) is 16.6. The second-order valence-electron chi connectivity index (χ2n) is 9.61. The first-order valence-corrected chi connectivity index (χ1v) is 14.5. The number of amidine groups is 1. The van der Waals surface area contributed by atoms with Crippen LogP contribution in [-0.4, -0.2) is 34.7 Å². The molecule has 2 aromatic rings. The number of nitrogens with zero attached hydrogens (tertiary/aromatic N) is 1. The summed E-state index contributed by atoms with van der Waals surface area (Å²) in [6.45, 7) is 5.64. The van der Waals surface area contributed by atoms with Crippen LogP contribution in [0.1, 0.15) is 44.7 Å². The maximum absolute atomic E-state index is 14.1. The van der Waals surface area contributed by atoms with Crippen LogP contribution in [0.5, 0.6) is 0 Å². The number of nitrogens with one attached hydrogen (secondary N) is 2. The van der Waals surface area contributed by atoms with Gasteiger partial charge in [0.1, 0.15) is 10.7 Å². The number of fused-ring (bicyclic) bond motifs is 2. The summed E-state index contributed by atoms with van der Waals surface area (Å²) in [7, 11) is -8.09. The van der Waals surface area contributed by atoms with Crippen molar-refractivity contribution < 1.29 is 60.7 Å². The zero-order valence-corrected chi connectivity index (χ0v) is 24.7. The topological polar surface area (TPSA) is 145 Å². The molecule has 13 heteroatoms. The van der Waals surface area contributed by atoms with Crippen molar-refractivity contribution in [2.75, 3.05) is 16.3 Å². The van der Waals surface area contributed by atoms with E-state index in [1.165, 1.54) is 24.3 Å². The molecule has 4 rings (SSSR count). The van der Waals surface area contributed by atoms with Gasteiger partial charge in [0, 0.05) is 5.69 Å². The Bertz CT molecular complexity index is 1570. The van der Waals surface area contributed by atoms with Gasteiger partial charge in [0.25, 0.3) is 10.0 Å². The second-order valence-corrected chi connectivity index (χ2v) is 12.9. The van der Waals surface area contributed by atoms with Crippen LogP contribution >= 0.6 is 0 Å². The third-order valence-corrected chi connectivity index (χ3v) is 8.18. The zero-order chi connectivity index (χ0) is 26.6. The van der Waals surface area contributed by atoms with Gasteiger partial charge in [0.15, 0.2) is 11.6 Å². The third kappa shape index (κ3) is 5.63. The number of carbonyl (C=O) groups excluding carboxylic acids is 1. The molecule has 1 atom stereocenters. The molecule has 1 aliphatic heterocycles. The van der Waals surface area contributed by atoms with Crippen molar-refractivity contribution in [3.05, 3.63) is 58.9 Å². The van der Waals surface area contributed by atoms with E-state index in [1.54, 1.807) is 6.92 Å². The molecule has 37 heavy (non-hydrogen) atoms. The fraction of sp³-hybridized carbons (Fsp3) is 0.333. The molecular weight excluding hydrogens is 532 g/mol. The van der Waals surface area contributed by atoms with E-state index in [2.05, 4.69) is 14.4 Å². The van der Waals surface area contributed by atoms with Gasteiger partial charge in [-0.05, 0) is 67.1 Å². The minimum Gasteiger partial charge on any atom is -0.871 e. The molecule has 0 unspecified atom stereocenters. The Kier molecular flexibility index (Phi) is 8.03. The number of sulfonamides is 2. The van der Waals surface area contributed by atoms with Gasteiger partial charge in [-0.25, -0.2) is 12.8 Å². The second kappa shape index (κ2) is 10.1. The normalized spacial score (nSPS) is 20.4. The van der Waals surface area contributed by atoms with E-state index >= 15 is 0 Å². The van der Waals surface area contributed by atoms with Crippen molar-refractivity contribution in [3.8, 4) is 0 Å². The summed E-state index contributed by atoms with van der Waals surface area (Å²) in [6, 6.07) is 7.39. The van der Waals surface area contributed by atoms with Crippen LogP contribution in [0.3, 0.4) is 0 Å². The Hall–Kier alpha value is -2.25. The van der Waals surface area contributed by atoms with Crippen LogP contribution in [-0.2, 0) is 30.3 Å². The molecule has 2 aliphatic rings. The summed E-state index contributed by atoms with van der Waals surface area (Å²) in [5.41, 5.74) is -1.28. The fourth-order valence-electron chi connectivity index (χ4n) is 4.41. The number of ketones is 1. The predicted molar refractivity (Wildman–Crippen MR) is 133 cm³/mol. The Balaban J connectivity index is 0.00000380. The monoisotopic (exact) mass is 557 g/mol. The van der Waals surface area contributed by atoms with Crippen LogP contribution in [0.25, 0.3) is 5.76 Å². The molecule has 9 nitrogen and oxygen atoms in total. The maximum Gasteiger partial charge on any atom is 1.00 e. The van der Waals surface area contributed by atoms with Gasteiger partial charge >= 0.3 is 29.6 Å². The van der Waals surface area contributed by atoms with E-state index in [-0.39, 0.29) is 57.3 Å². The smallest absolute Gasteiger partial charge is 0.871 e. The van der Waals surface area contributed by atoms with E-state index in [1.807, 2.05) is 13.8 Å². The molecule has 0 fully saturated rings. The molecule has 192 valence electrons. The van der Waals surface area contributed by atoms with Crippen LogP contribution in [0.2, 0.25) is 0 Å². The average Bonchev–Trinajstić information content (AvgIpc) is 2.75. The van der Waals surface area contributed by atoms with Crippen molar-refractivity contribution in [3.63, 3.8) is 0 Å². The summed E-state index contributed by atoms with van der Waals surface area (Å²) in [5, 5.41) is 16.2. The van der Waals surface area contributed by atoms with Crippen molar-refractivity contribution in [1.82, 2.24) is 0 Å². The van der Waals surface area contributed by atoms with Crippen LogP contribution < -0.4 is 44.7 Å². The molecule has 0 saturated heterocycles. The standard InChI is InChI=1S/C24H26FN3O6S2.Na/c1-13(2)9-10-24(3)17-7-5-14(25)11-16(17)21(29)20(22(24)30)23-26-18-8-6-15(27-35(4,31)32)12-19(18)36(33,34)28-23;/h5-8,11-13,27,29H,9-10H2,1-4H3,(H,26,28);/q;+1/p-1/t24-;/m0./s1. The van der Waals surface area contributed by atoms with Gasteiger partial charge in [-0.2, -0.15) is 8.42 Å². The predicted octanol–water partition coefficient (Wildman–Crippen LogP) is -0.238. The third-order valence-electron chi connectivity index (χ3n) is 6.26. The number of anilines is 2. The molecule has 0 spiro atoms. The molecule has 2 aromatic carbocycles. The largest absolute Gasteiger partial charge is 1.00 e. The first kappa shape index (κ1) is 29.3. The fourth-order valence-corrected chi connectivity index (χ4v) is 6.11. The van der Waals surface area contributed by atoms with Gasteiger partial charge in [-0.15, -0.1) is 4.40 Å². The van der Waals surface area contributed by atoms with Crippen LogP contribution in [0.15, 0.2) is 51.3 Å². The number of benzene rings is 2. The number of Topliss-reactive ketones (excluding diaryl/α,β-unsaturated/α-hetero) is 1. The van der Waals surface area contributed by atoms with E-state index in [0.29, 0.717) is 18.4 Å². The summed E-state index contributed by atoms with van der Waals surface area (Å²) in [6.07, 6.45) is 1.91. The SMILES string of the molecule is CC(C)CC[C@]1(C)C(=O)C(C2=NS(=O)(=O)c3cc(NS(C)(=O)=O)ccc3N2)=C([O-])c2cc(F)ccc21.[Na+]. The molecule has 0 saturated carbocycles. The van der Waals surface area contributed by atoms with Crippen molar-refractivity contribution in [2.45, 2.75) is 43.9 Å². The minimum atomic E-state index is -4.42. The molecule has 0 aromatic heterocycles. The molecular formula is C24H25FN3NaO6S2. The summed E-state index contributed by atoms with van der Waals surface area (Å²) < 4.78 is 69.2. The van der Waals surface area contributed by atoms with Gasteiger partial charge in [0.2, 0.25) is 10.0 Å². The number of rotatable bonds is 6. The van der Waals surface area contributed by atoms with Crippen LogP contribution in [0, 0.1) is 11.7 Å². The summed E-state index contributed by atoms with van der Waals surface area (Å²) in [4.78, 5) is 13.5. The Morgan fingerprint density at radius 2 is 1.86 bits per heavy atom. The maximum atomic E-state index is 14.1. The van der Waals surface area contributed by atoms with Gasteiger partial charge < -0.3 is 10.4 Å². The molecule has 2 N–H and O–H groups in total.